The maximum absolute atomic E-state index is 8.68. The van der Waals surface area contributed by atoms with Gasteiger partial charge in [-0.05, 0) is 38.0 Å². The molecule has 0 spiro atoms. The van der Waals surface area contributed by atoms with Crippen LogP contribution in [-0.4, -0.2) is 30.5 Å². The van der Waals surface area contributed by atoms with Gasteiger partial charge in [-0.15, -0.1) is 0 Å². The monoisotopic (exact) mass is 260 g/mol. The van der Waals surface area contributed by atoms with E-state index in [1.807, 2.05) is 24.3 Å². The fourth-order valence-electron chi connectivity index (χ4n) is 2.08. The molecule has 1 aliphatic heterocycles. The highest BCUT2D eigenvalue weighted by Crippen LogP contribution is 2.20. The predicted molar refractivity (Wildman–Crippen MR) is 74.1 cm³/mol. The van der Waals surface area contributed by atoms with Crippen LogP contribution in [0, 0.1) is 11.8 Å². The summed E-state index contributed by atoms with van der Waals surface area (Å²) in [7, 11) is 0. The molecule has 0 amide bonds. The summed E-state index contributed by atoms with van der Waals surface area (Å²) >= 11 is 0. The Balaban J connectivity index is 1.87. The van der Waals surface area contributed by atoms with Crippen molar-refractivity contribution >= 4 is 0 Å². The lowest BCUT2D eigenvalue weighted by Crippen LogP contribution is -2.17. The minimum Gasteiger partial charge on any atom is -0.491 e. The second kappa shape index (κ2) is 7.18. The summed E-state index contributed by atoms with van der Waals surface area (Å²) in [6.45, 7) is 2.79. The maximum atomic E-state index is 8.68. The van der Waals surface area contributed by atoms with Crippen LogP contribution in [0.25, 0.3) is 0 Å². The van der Waals surface area contributed by atoms with Gasteiger partial charge in [-0.1, -0.05) is 17.9 Å². The molecule has 3 heteroatoms. The summed E-state index contributed by atoms with van der Waals surface area (Å²) in [4.78, 5) is 0. The largest absolute Gasteiger partial charge is 0.491 e. The molecular formula is C16H20O3. The van der Waals surface area contributed by atoms with E-state index >= 15 is 0 Å². The van der Waals surface area contributed by atoms with Crippen LogP contribution in [0.4, 0.5) is 0 Å². The van der Waals surface area contributed by atoms with Gasteiger partial charge in [-0.25, -0.2) is 0 Å². The van der Waals surface area contributed by atoms with E-state index in [2.05, 4.69) is 18.8 Å². The van der Waals surface area contributed by atoms with Crippen molar-refractivity contribution < 1.29 is 14.6 Å². The third-order valence-corrected chi connectivity index (χ3v) is 3.06. The van der Waals surface area contributed by atoms with E-state index in [-0.39, 0.29) is 12.7 Å². The minimum atomic E-state index is 0.0976. The van der Waals surface area contributed by atoms with Gasteiger partial charge in [0.2, 0.25) is 0 Å². The first-order chi connectivity index (χ1) is 9.28. The first-order valence-electron chi connectivity index (χ1n) is 6.76. The van der Waals surface area contributed by atoms with E-state index in [0.29, 0.717) is 19.1 Å². The zero-order chi connectivity index (χ0) is 13.5. The van der Waals surface area contributed by atoms with Gasteiger partial charge in [0.1, 0.15) is 12.4 Å². The maximum Gasteiger partial charge on any atom is 0.120 e. The molecule has 2 unspecified atom stereocenters. The topological polar surface area (TPSA) is 38.7 Å². The number of hydrogen-bond donors (Lipinski definition) is 1. The molecule has 0 radical (unpaired) electrons. The Morgan fingerprint density at radius 2 is 2.32 bits per heavy atom. The lowest BCUT2D eigenvalue weighted by atomic mass is 10.2. The third-order valence-electron chi connectivity index (χ3n) is 3.06. The molecule has 2 rings (SSSR count). The zero-order valence-electron chi connectivity index (χ0n) is 11.3. The summed E-state index contributed by atoms with van der Waals surface area (Å²) in [6, 6.07) is 7.71. The van der Waals surface area contributed by atoms with Gasteiger partial charge < -0.3 is 14.6 Å². The molecule has 19 heavy (non-hydrogen) atoms. The quantitative estimate of drug-likeness (QED) is 0.845. The number of ether oxygens (including phenoxy) is 2. The number of aliphatic hydroxyl groups is 1. The highest BCUT2D eigenvalue weighted by molar-refractivity contribution is 5.39. The van der Waals surface area contributed by atoms with Gasteiger partial charge in [-0.2, -0.15) is 0 Å². The molecule has 1 fully saturated rings. The second-order valence-electron chi connectivity index (χ2n) is 4.76. The van der Waals surface area contributed by atoms with Crippen LogP contribution < -0.4 is 4.74 Å². The van der Waals surface area contributed by atoms with Crippen LogP contribution >= 0.6 is 0 Å². The molecule has 3 nitrogen and oxygen atoms in total. The van der Waals surface area contributed by atoms with Gasteiger partial charge >= 0.3 is 0 Å². The Morgan fingerprint density at radius 3 is 3.05 bits per heavy atom. The summed E-state index contributed by atoms with van der Waals surface area (Å²) in [6.07, 6.45) is 3.24. The van der Waals surface area contributed by atoms with Crippen molar-refractivity contribution in [2.45, 2.75) is 38.4 Å². The Kier molecular flexibility index (Phi) is 5.26. The van der Waals surface area contributed by atoms with E-state index in [0.717, 1.165) is 24.2 Å². The number of rotatable bonds is 4. The van der Waals surface area contributed by atoms with Gasteiger partial charge in [0, 0.05) is 12.0 Å². The summed E-state index contributed by atoms with van der Waals surface area (Å²) in [5, 5.41) is 8.68. The molecule has 2 atom stereocenters. The van der Waals surface area contributed by atoms with Crippen molar-refractivity contribution in [3.05, 3.63) is 29.8 Å². The standard InChI is InChI=1S/C16H20O3/c1-13-8-9-16(19-13)12-18-15-7-4-6-14(11-15)5-2-3-10-17/h4,6-7,11,13,16-17H,3,8-10,12H2,1H3. The van der Waals surface area contributed by atoms with E-state index < -0.39 is 0 Å². The Hall–Kier alpha value is -1.50. The fraction of sp³-hybridized carbons (Fsp3) is 0.500. The van der Waals surface area contributed by atoms with Crippen molar-refractivity contribution in [3.63, 3.8) is 0 Å². The molecule has 1 aromatic carbocycles. The average Bonchev–Trinajstić information content (AvgIpc) is 2.83. The van der Waals surface area contributed by atoms with E-state index in [4.69, 9.17) is 14.6 Å². The molecule has 1 aromatic rings. The number of aliphatic hydroxyl groups excluding tert-OH is 1. The molecule has 102 valence electrons. The summed E-state index contributed by atoms with van der Waals surface area (Å²) in [5.41, 5.74) is 0.909. The zero-order valence-corrected chi connectivity index (χ0v) is 11.3. The van der Waals surface area contributed by atoms with Crippen LogP contribution in [0.15, 0.2) is 24.3 Å². The van der Waals surface area contributed by atoms with Gasteiger partial charge in [-0.3, -0.25) is 0 Å². The van der Waals surface area contributed by atoms with Crippen molar-refractivity contribution in [1.82, 2.24) is 0 Å². The minimum absolute atomic E-state index is 0.0976. The van der Waals surface area contributed by atoms with Crippen molar-refractivity contribution in [2.24, 2.45) is 0 Å². The Bertz CT molecular complexity index is 459. The van der Waals surface area contributed by atoms with Crippen molar-refractivity contribution in [2.75, 3.05) is 13.2 Å². The van der Waals surface area contributed by atoms with E-state index in [1.165, 1.54) is 0 Å². The Labute approximate surface area is 114 Å². The molecular weight excluding hydrogens is 240 g/mol. The molecule has 0 aromatic heterocycles. The first kappa shape index (κ1) is 13.9. The lowest BCUT2D eigenvalue weighted by molar-refractivity contribution is 0.0264. The molecule has 0 saturated carbocycles. The van der Waals surface area contributed by atoms with Crippen molar-refractivity contribution in [1.29, 1.82) is 0 Å². The average molecular weight is 260 g/mol. The van der Waals surface area contributed by atoms with E-state index in [1.54, 1.807) is 0 Å². The molecule has 1 heterocycles. The van der Waals surface area contributed by atoms with Crippen LogP contribution in [0.3, 0.4) is 0 Å². The number of hydrogen-bond acceptors (Lipinski definition) is 3. The third kappa shape index (κ3) is 4.59. The van der Waals surface area contributed by atoms with Gasteiger partial charge in [0.25, 0.3) is 0 Å². The van der Waals surface area contributed by atoms with E-state index in [9.17, 15) is 0 Å². The second-order valence-corrected chi connectivity index (χ2v) is 4.76. The Morgan fingerprint density at radius 1 is 1.42 bits per heavy atom. The van der Waals surface area contributed by atoms with Crippen LogP contribution in [0.1, 0.15) is 31.7 Å². The first-order valence-corrected chi connectivity index (χ1v) is 6.76. The molecule has 0 aliphatic carbocycles. The smallest absolute Gasteiger partial charge is 0.120 e. The van der Waals surface area contributed by atoms with Gasteiger partial charge in [0.15, 0.2) is 0 Å². The molecule has 0 bridgehead atoms. The summed E-state index contributed by atoms with van der Waals surface area (Å²) in [5.74, 6) is 6.72. The number of benzene rings is 1. The predicted octanol–water partition coefficient (Wildman–Crippen LogP) is 2.37. The molecule has 1 aliphatic rings. The molecule has 1 saturated heterocycles. The van der Waals surface area contributed by atoms with Crippen LogP contribution in [-0.2, 0) is 4.74 Å². The molecule has 1 N–H and O–H groups in total. The van der Waals surface area contributed by atoms with Gasteiger partial charge in [0.05, 0.1) is 18.8 Å². The SMILES string of the molecule is CC1CCC(COc2cccc(C#CCCO)c2)O1. The van der Waals surface area contributed by atoms with Crippen molar-refractivity contribution in [3.8, 4) is 17.6 Å². The fourth-order valence-corrected chi connectivity index (χ4v) is 2.08. The van der Waals surface area contributed by atoms with Crippen LogP contribution in [0.2, 0.25) is 0 Å². The lowest BCUT2D eigenvalue weighted by Gasteiger charge is -2.12. The van der Waals surface area contributed by atoms with Crippen LogP contribution in [0.5, 0.6) is 5.75 Å². The highest BCUT2D eigenvalue weighted by Gasteiger charge is 2.22. The normalized spacial score (nSPS) is 21.8. The summed E-state index contributed by atoms with van der Waals surface area (Å²) < 4.78 is 11.5. The highest BCUT2D eigenvalue weighted by atomic mass is 16.5.